The third-order valence-corrected chi connectivity index (χ3v) is 3.59. The first kappa shape index (κ1) is 10.9. The second kappa shape index (κ2) is 5.50. The van der Waals surface area contributed by atoms with E-state index in [1.54, 1.807) is 0 Å². The van der Waals surface area contributed by atoms with Crippen molar-refractivity contribution in [2.24, 2.45) is 5.92 Å². The molecule has 15 heavy (non-hydrogen) atoms. The highest BCUT2D eigenvalue weighted by Crippen LogP contribution is 2.19. The van der Waals surface area contributed by atoms with Crippen LogP contribution in [0.1, 0.15) is 44.9 Å². The van der Waals surface area contributed by atoms with Crippen LogP contribution in [0.2, 0.25) is 0 Å². The second-order valence-electron chi connectivity index (χ2n) is 4.97. The van der Waals surface area contributed by atoms with Gasteiger partial charge in [0, 0.05) is 12.5 Å². The lowest BCUT2D eigenvalue weighted by atomic mass is 9.96. The number of piperidine rings is 1. The van der Waals surface area contributed by atoms with Crippen molar-refractivity contribution < 1.29 is 4.79 Å². The highest BCUT2D eigenvalue weighted by atomic mass is 16.1. The Kier molecular flexibility index (Phi) is 4.01. The molecule has 0 aromatic carbocycles. The lowest BCUT2D eigenvalue weighted by molar-refractivity contribution is -0.122. The molecule has 1 saturated carbocycles. The molecule has 86 valence electrons. The molecule has 0 bridgehead atoms. The van der Waals surface area contributed by atoms with Gasteiger partial charge in [-0.3, -0.25) is 4.79 Å². The molecule has 0 radical (unpaired) electrons. The van der Waals surface area contributed by atoms with E-state index in [-0.39, 0.29) is 5.91 Å². The van der Waals surface area contributed by atoms with E-state index in [2.05, 4.69) is 10.6 Å². The normalized spacial score (nSPS) is 27.9. The summed E-state index contributed by atoms with van der Waals surface area (Å²) in [6.07, 6.45) is 8.12. The molecule has 0 aromatic rings. The molecule has 1 aliphatic heterocycles. The smallest absolute Gasteiger partial charge is 0.220 e. The molecule has 2 N–H and O–H groups in total. The van der Waals surface area contributed by atoms with Crippen LogP contribution in [0.5, 0.6) is 0 Å². The molecule has 0 spiro atoms. The van der Waals surface area contributed by atoms with Gasteiger partial charge < -0.3 is 10.6 Å². The predicted octanol–water partition coefficient (Wildman–Crippen LogP) is 1.43. The van der Waals surface area contributed by atoms with Crippen molar-refractivity contribution in [1.82, 2.24) is 10.6 Å². The van der Waals surface area contributed by atoms with Gasteiger partial charge in [-0.25, -0.2) is 0 Å². The summed E-state index contributed by atoms with van der Waals surface area (Å²) in [4.78, 5) is 11.7. The van der Waals surface area contributed by atoms with Gasteiger partial charge in [0.1, 0.15) is 0 Å². The number of hydrogen-bond acceptors (Lipinski definition) is 2. The van der Waals surface area contributed by atoms with Crippen LogP contribution in [0.3, 0.4) is 0 Å². The Bertz CT molecular complexity index is 206. The van der Waals surface area contributed by atoms with Crippen molar-refractivity contribution in [3.05, 3.63) is 0 Å². The van der Waals surface area contributed by atoms with Gasteiger partial charge in [-0.1, -0.05) is 12.8 Å². The van der Waals surface area contributed by atoms with E-state index in [0.717, 1.165) is 19.5 Å². The van der Waals surface area contributed by atoms with Gasteiger partial charge in [0.05, 0.1) is 0 Å². The minimum atomic E-state index is 0.274. The quantitative estimate of drug-likeness (QED) is 0.740. The van der Waals surface area contributed by atoms with Crippen molar-refractivity contribution in [3.63, 3.8) is 0 Å². The predicted molar refractivity (Wildman–Crippen MR) is 60.6 cm³/mol. The second-order valence-corrected chi connectivity index (χ2v) is 4.97. The van der Waals surface area contributed by atoms with Crippen LogP contribution in [0.25, 0.3) is 0 Å². The molecule has 1 atom stereocenters. The monoisotopic (exact) mass is 210 g/mol. The molecule has 2 rings (SSSR count). The maximum absolute atomic E-state index is 11.7. The molecule has 3 heteroatoms. The zero-order valence-corrected chi connectivity index (χ0v) is 9.43. The largest absolute Gasteiger partial charge is 0.353 e. The fourth-order valence-corrected chi connectivity index (χ4v) is 2.72. The SMILES string of the molecule is O=C(CC1CCCNC1)NC1CCCC1. The average molecular weight is 210 g/mol. The zero-order valence-electron chi connectivity index (χ0n) is 9.43. The third-order valence-electron chi connectivity index (χ3n) is 3.59. The Morgan fingerprint density at radius 1 is 1.20 bits per heavy atom. The molecule has 2 aliphatic rings. The first-order valence-corrected chi connectivity index (χ1v) is 6.34. The van der Waals surface area contributed by atoms with Crippen molar-refractivity contribution >= 4 is 5.91 Å². The maximum atomic E-state index is 11.7. The van der Waals surface area contributed by atoms with E-state index >= 15 is 0 Å². The van der Waals surface area contributed by atoms with Gasteiger partial charge in [-0.15, -0.1) is 0 Å². The molecule has 1 amide bonds. The average Bonchev–Trinajstić information content (AvgIpc) is 2.71. The van der Waals surface area contributed by atoms with Crippen molar-refractivity contribution in [2.75, 3.05) is 13.1 Å². The third kappa shape index (κ3) is 3.49. The molecule has 1 unspecified atom stereocenters. The van der Waals surface area contributed by atoms with Crippen LogP contribution < -0.4 is 10.6 Å². The van der Waals surface area contributed by atoms with E-state index in [9.17, 15) is 4.79 Å². The number of hydrogen-bond donors (Lipinski definition) is 2. The summed E-state index contributed by atoms with van der Waals surface area (Å²) in [6, 6.07) is 0.481. The molecular formula is C12H22N2O. The van der Waals surface area contributed by atoms with Crippen LogP contribution in [0.4, 0.5) is 0 Å². The Balaban J connectivity index is 1.66. The lowest BCUT2D eigenvalue weighted by Gasteiger charge is -2.23. The van der Waals surface area contributed by atoms with Crippen LogP contribution in [0.15, 0.2) is 0 Å². The number of rotatable bonds is 3. The summed E-state index contributed by atoms with van der Waals surface area (Å²) >= 11 is 0. The molecule has 2 fully saturated rings. The minimum absolute atomic E-state index is 0.274. The Morgan fingerprint density at radius 3 is 2.67 bits per heavy atom. The van der Waals surface area contributed by atoms with Crippen LogP contribution in [-0.2, 0) is 4.79 Å². The highest BCUT2D eigenvalue weighted by Gasteiger charge is 2.20. The Labute approximate surface area is 92.0 Å². The van der Waals surface area contributed by atoms with E-state index in [0.29, 0.717) is 12.0 Å². The maximum Gasteiger partial charge on any atom is 0.220 e. The summed E-state index contributed by atoms with van der Waals surface area (Å²) in [5.74, 6) is 0.843. The lowest BCUT2D eigenvalue weighted by Crippen LogP contribution is -2.37. The summed E-state index contributed by atoms with van der Waals surface area (Å²) in [5.41, 5.74) is 0. The molecule has 1 aliphatic carbocycles. The fourth-order valence-electron chi connectivity index (χ4n) is 2.72. The molecule has 1 saturated heterocycles. The fraction of sp³-hybridized carbons (Fsp3) is 0.917. The number of carbonyl (C=O) groups excluding carboxylic acids is 1. The van der Waals surface area contributed by atoms with Crippen LogP contribution >= 0.6 is 0 Å². The van der Waals surface area contributed by atoms with Crippen molar-refractivity contribution in [2.45, 2.75) is 51.0 Å². The van der Waals surface area contributed by atoms with Gasteiger partial charge >= 0.3 is 0 Å². The number of amides is 1. The molecule has 1 heterocycles. The van der Waals surface area contributed by atoms with E-state index in [1.807, 2.05) is 0 Å². The summed E-state index contributed by atoms with van der Waals surface area (Å²) in [5, 5.41) is 6.51. The number of nitrogens with one attached hydrogen (secondary N) is 2. The van der Waals surface area contributed by atoms with Gasteiger partial charge in [-0.2, -0.15) is 0 Å². The van der Waals surface area contributed by atoms with E-state index in [1.165, 1.54) is 38.5 Å². The van der Waals surface area contributed by atoms with E-state index in [4.69, 9.17) is 0 Å². The summed E-state index contributed by atoms with van der Waals surface area (Å²) in [6.45, 7) is 2.15. The van der Waals surface area contributed by atoms with E-state index < -0.39 is 0 Å². The van der Waals surface area contributed by atoms with Gasteiger partial charge in [0.2, 0.25) is 5.91 Å². The van der Waals surface area contributed by atoms with Crippen molar-refractivity contribution in [3.8, 4) is 0 Å². The summed E-state index contributed by atoms with van der Waals surface area (Å²) < 4.78 is 0. The first-order chi connectivity index (χ1) is 7.34. The molecule has 3 nitrogen and oxygen atoms in total. The highest BCUT2D eigenvalue weighted by molar-refractivity contribution is 5.76. The number of carbonyl (C=O) groups is 1. The van der Waals surface area contributed by atoms with Gasteiger partial charge in [0.25, 0.3) is 0 Å². The Hall–Kier alpha value is -0.570. The Morgan fingerprint density at radius 2 is 2.00 bits per heavy atom. The molecular weight excluding hydrogens is 188 g/mol. The van der Waals surface area contributed by atoms with Crippen molar-refractivity contribution in [1.29, 1.82) is 0 Å². The minimum Gasteiger partial charge on any atom is -0.353 e. The first-order valence-electron chi connectivity index (χ1n) is 6.34. The van der Waals surface area contributed by atoms with Gasteiger partial charge in [0.15, 0.2) is 0 Å². The summed E-state index contributed by atoms with van der Waals surface area (Å²) in [7, 11) is 0. The van der Waals surface area contributed by atoms with Crippen LogP contribution in [-0.4, -0.2) is 25.0 Å². The molecule has 0 aromatic heterocycles. The topological polar surface area (TPSA) is 41.1 Å². The standard InChI is InChI=1S/C12H22N2O/c15-12(14-11-5-1-2-6-11)8-10-4-3-7-13-9-10/h10-11,13H,1-9H2,(H,14,15). The van der Waals surface area contributed by atoms with Crippen LogP contribution in [0, 0.1) is 5.92 Å². The zero-order chi connectivity index (χ0) is 10.5. The van der Waals surface area contributed by atoms with Gasteiger partial charge in [-0.05, 0) is 44.7 Å².